The Morgan fingerprint density at radius 3 is 2.74 bits per heavy atom. The van der Waals surface area contributed by atoms with E-state index < -0.39 is 32.6 Å². The summed E-state index contributed by atoms with van der Waals surface area (Å²) >= 11 is 0. The van der Waals surface area contributed by atoms with Gasteiger partial charge in [0.2, 0.25) is 0 Å². The number of carbonyl (C=O) groups excluding carboxylic acids is 1. The van der Waals surface area contributed by atoms with E-state index in [0.29, 0.717) is 0 Å². The second-order valence-electron chi connectivity index (χ2n) is 5.21. The van der Waals surface area contributed by atoms with Gasteiger partial charge in [0.25, 0.3) is 10.1 Å². The summed E-state index contributed by atoms with van der Waals surface area (Å²) in [4.78, 5) is 15.4. The molecule has 2 aromatic heterocycles. The zero-order chi connectivity index (χ0) is 19.8. The second-order valence-corrected chi connectivity index (χ2v) is 6.60. The van der Waals surface area contributed by atoms with Crippen LogP contribution in [0.5, 0.6) is 0 Å². The van der Waals surface area contributed by atoms with E-state index in [1.54, 1.807) is 6.92 Å². The smallest absolute Gasteiger partial charge is 0.343 e. The highest BCUT2D eigenvalue weighted by atomic mass is 32.2. The van der Waals surface area contributed by atoms with Crippen LogP contribution < -0.4 is 5.32 Å². The third-order valence-corrected chi connectivity index (χ3v) is 4.29. The fourth-order valence-electron chi connectivity index (χ4n) is 2.29. The monoisotopic (exact) mass is 398 g/mol. The molecule has 0 amide bonds. The molecule has 9 nitrogen and oxygen atoms in total. The molecule has 0 bridgehead atoms. The Balaban J connectivity index is 2.25. The summed E-state index contributed by atoms with van der Waals surface area (Å²) in [5.74, 6) is -2.66. The summed E-state index contributed by atoms with van der Waals surface area (Å²) in [7, 11) is -4.66. The molecule has 0 saturated heterocycles. The molecule has 0 radical (unpaired) electrons. The third kappa shape index (κ3) is 3.57. The summed E-state index contributed by atoms with van der Waals surface area (Å²) < 4.78 is 65.3. The van der Waals surface area contributed by atoms with Gasteiger partial charge in [0, 0.05) is 12.3 Å². The van der Waals surface area contributed by atoms with Crippen molar-refractivity contribution in [3.05, 3.63) is 47.8 Å². The number of anilines is 2. The fraction of sp³-hybridized carbons (Fsp3) is 0.133. The lowest BCUT2D eigenvalue weighted by molar-refractivity contribution is 0.0526. The highest BCUT2D eigenvalue weighted by Crippen LogP contribution is 2.27. The Labute approximate surface area is 151 Å². The van der Waals surface area contributed by atoms with E-state index in [0.717, 1.165) is 35.1 Å². The molecule has 0 unspecified atom stereocenters. The number of nitrogens with zero attached hydrogens (tertiary/aromatic N) is 3. The Morgan fingerprint density at radius 1 is 1.33 bits per heavy atom. The number of carbonyl (C=O) groups is 1. The van der Waals surface area contributed by atoms with Crippen molar-refractivity contribution >= 4 is 33.2 Å². The minimum Gasteiger partial charge on any atom is -0.462 e. The van der Waals surface area contributed by atoms with Crippen LogP contribution in [-0.4, -0.2) is 40.1 Å². The number of halogens is 2. The SMILES string of the molecule is CCOC(=O)c1cnc2c(S(=O)(=O)O)cnn2c1Nc1cc(F)ccc1F. The van der Waals surface area contributed by atoms with Gasteiger partial charge in [-0.1, -0.05) is 0 Å². The molecular formula is C15H12F2N4O5S. The number of aromatic nitrogens is 3. The molecule has 0 saturated carbocycles. The molecule has 142 valence electrons. The third-order valence-electron chi connectivity index (χ3n) is 3.45. The summed E-state index contributed by atoms with van der Waals surface area (Å²) in [6.07, 6.45) is 1.78. The van der Waals surface area contributed by atoms with E-state index in [1.807, 2.05) is 0 Å². The first-order valence-electron chi connectivity index (χ1n) is 7.45. The molecule has 2 N–H and O–H groups in total. The maximum absolute atomic E-state index is 14.0. The van der Waals surface area contributed by atoms with Gasteiger partial charge in [-0.25, -0.2) is 18.6 Å². The first kappa shape index (κ1) is 18.7. The van der Waals surface area contributed by atoms with Crippen LogP contribution in [0, 0.1) is 11.6 Å². The van der Waals surface area contributed by atoms with Gasteiger partial charge >= 0.3 is 5.97 Å². The number of hydrogen-bond donors (Lipinski definition) is 2. The average Bonchev–Trinajstić information content (AvgIpc) is 3.03. The molecule has 3 rings (SSSR count). The molecule has 3 aromatic rings. The number of benzene rings is 1. The molecular weight excluding hydrogens is 386 g/mol. The van der Waals surface area contributed by atoms with Crippen LogP contribution in [0.25, 0.3) is 5.65 Å². The highest BCUT2D eigenvalue weighted by molar-refractivity contribution is 7.86. The van der Waals surface area contributed by atoms with Gasteiger partial charge in [-0.05, 0) is 19.1 Å². The normalized spacial score (nSPS) is 11.6. The number of nitrogens with one attached hydrogen (secondary N) is 1. The molecule has 0 atom stereocenters. The Morgan fingerprint density at radius 2 is 2.07 bits per heavy atom. The van der Waals surface area contributed by atoms with Crippen molar-refractivity contribution in [1.82, 2.24) is 14.6 Å². The van der Waals surface area contributed by atoms with Crippen molar-refractivity contribution in [1.29, 1.82) is 0 Å². The Kier molecular flexibility index (Phi) is 4.76. The zero-order valence-electron chi connectivity index (χ0n) is 13.7. The van der Waals surface area contributed by atoms with Gasteiger partial charge in [0.1, 0.15) is 17.2 Å². The molecule has 0 spiro atoms. The predicted molar refractivity (Wildman–Crippen MR) is 88.4 cm³/mol. The Hall–Kier alpha value is -3.12. The van der Waals surface area contributed by atoms with Gasteiger partial charge < -0.3 is 10.1 Å². The minimum absolute atomic E-state index is 0.0278. The van der Waals surface area contributed by atoms with E-state index >= 15 is 0 Å². The summed E-state index contributed by atoms with van der Waals surface area (Å²) in [5, 5.41) is 6.26. The van der Waals surface area contributed by atoms with Crippen LogP contribution in [0.15, 0.2) is 35.5 Å². The maximum atomic E-state index is 14.0. The molecule has 0 aliphatic rings. The van der Waals surface area contributed by atoms with Crippen molar-refractivity contribution in [2.24, 2.45) is 0 Å². The van der Waals surface area contributed by atoms with E-state index in [9.17, 15) is 26.5 Å². The van der Waals surface area contributed by atoms with Crippen molar-refractivity contribution in [3.8, 4) is 0 Å². The van der Waals surface area contributed by atoms with Gasteiger partial charge in [-0.3, -0.25) is 4.55 Å². The molecule has 0 aliphatic carbocycles. The number of hydrogen-bond acceptors (Lipinski definition) is 7. The van der Waals surface area contributed by atoms with Crippen molar-refractivity contribution in [3.63, 3.8) is 0 Å². The van der Waals surface area contributed by atoms with Gasteiger partial charge in [-0.2, -0.15) is 18.0 Å². The van der Waals surface area contributed by atoms with Crippen molar-refractivity contribution in [2.75, 3.05) is 11.9 Å². The van der Waals surface area contributed by atoms with E-state index in [1.165, 1.54) is 0 Å². The van der Waals surface area contributed by atoms with E-state index in [-0.39, 0.29) is 29.3 Å². The summed E-state index contributed by atoms with van der Waals surface area (Å²) in [5.41, 5.74) is -0.875. The van der Waals surface area contributed by atoms with Gasteiger partial charge in [0.15, 0.2) is 16.4 Å². The molecule has 12 heteroatoms. The lowest BCUT2D eigenvalue weighted by Gasteiger charge is -2.13. The number of rotatable bonds is 5. The number of esters is 1. The van der Waals surface area contributed by atoms with Crippen molar-refractivity contribution < 1.29 is 31.3 Å². The zero-order valence-corrected chi connectivity index (χ0v) is 14.5. The quantitative estimate of drug-likeness (QED) is 0.495. The fourth-order valence-corrected chi connectivity index (χ4v) is 2.84. The second kappa shape index (κ2) is 6.89. The van der Waals surface area contributed by atoms with Crippen LogP contribution >= 0.6 is 0 Å². The van der Waals surface area contributed by atoms with E-state index in [4.69, 9.17) is 4.74 Å². The Bertz CT molecular complexity index is 1150. The number of ether oxygens (including phenoxy) is 1. The van der Waals surface area contributed by atoms with Crippen LogP contribution in [-0.2, 0) is 14.9 Å². The van der Waals surface area contributed by atoms with Crippen LogP contribution in [0.1, 0.15) is 17.3 Å². The van der Waals surface area contributed by atoms with Crippen LogP contribution in [0.3, 0.4) is 0 Å². The number of fused-ring (bicyclic) bond motifs is 1. The van der Waals surface area contributed by atoms with E-state index in [2.05, 4.69) is 15.4 Å². The van der Waals surface area contributed by atoms with Crippen LogP contribution in [0.2, 0.25) is 0 Å². The molecule has 0 fully saturated rings. The standard InChI is InChI=1S/C15H12F2N4O5S/c1-2-26-15(22)9-6-18-14-12(27(23,24)25)7-19-21(14)13(9)20-11-5-8(16)3-4-10(11)17/h3-7,20H,2H2,1H3,(H,23,24,25). The molecule has 2 heterocycles. The first-order valence-corrected chi connectivity index (χ1v) is 8.89. The summed E-state index contributed by atoms with van der Waals surface area (Å²) in [6.45, 7) is 1.59. The minimum atomic E-state index is -4.66. The van der Waals surface area contributed by atoms with Gasteiger partial charge in [-0.15, -0.1) is 0 Å². The highest BCUT2D eigenvalue weighted by Gasteiger charge is 2.24. The predicted octanol–water partition coefficient (Wildman–Crippen LogP) is 2.17. The lowest BCUT2D eigenvalue weighted by Crippen LogP contribution is -2.13. The van der Waals surface area contributed by atoms with Gasteiger partial charge in [0.05, 0.1) is 18.5 Å². The molecule has 0 aliphatic heterocycles. The van der Waals surface area contributed by atoms with Crippen molar-refractivity contribution in [2.45, 2.75) is 11.8 Å². The lowest BCUT2D eigenvalue weighted by atomic mass is 10.2. The van der Waals surface area contributed by atoms with Crippen LogP contribution in [0.4, 0.5) is 20.3 Å². The largest absolute Gasteiger partial charge is 0.462 e. The summed E-state index contributed by atoms with van der Waals surface area (Å²) in [6, 6.07) is 2.61. The molecule has 27 heavy (non-hydrogen) atoms. The topological polar surface area (TPSA) is 123 Å². The maximum Gasteiger partial charge on any atom is 0.343 e. The first-order chi connectivity index (χ1) is 12.7. The molecule has 1 aromatic carbocycles. The average molecular weight is 398 g/mol.